The summed E-state index contributed by atoms with van der Waals surface area (Å²) in [6.07, 6.45) is -7.32. The minimum atomic E-state index is -3.40. The summed E-state index contributed by atoms with van der Waals surface area (Å²) >= 11 is 11.0. The largest absolute Gasteiger partial charge is 0.386 e. The van der Waals surface area contributed by atoms with Crippen LogP contribution in [0.2, 0.25) is 5.02 Å². The van der Waals surface area contributed by atoms with Crippen molar-refractivity contribution >= 4 is 35.9 Å². The molecule has 152 valence electrons. The molecular weight excluding hydrogens is 431 g/mol. The average molecular weight is 448 g/mol. The van der Waals surface area contributed by atoms with Crippen LogP contribution in [0.1, 0.15) is 20.1 Å². The lowest BCUT2D eigenvalue weighted by Crippen LogP contribution is -2.56. The van der Waals surface area contributed by atoms with Gasteiger partial charge in [0.1, 0.15) is 18.0 Å². The van der Waals surface area contributed by atoms with Crippen molar-refractivity contribution in [2.45, 2.75) is 50.4 Å². The zero-order valence-corrected chi connectivity index (χ0v) is 16.6. The fourth-order valence-corrected chi connectivity index (χ4v) is 5.56. The van der Waals surface area contributed by atoms with Crippen molar-refractivity contribution in [3.8, 4) is 0 Å². The molecule has 0 bridgehead atoms. The van der Waals surface area contributed by atoms with Gasteiger partial charge >= 0.3 is 12.4 Å². The summed E-state index contributed by atoms with van der Waals surface area (Å²) < 4.78 is 50.1. The number of nitrogens with zero attached hydrogens (tertiary/aromatic N) is 2. The van der Waals surface area contributed by atoms with E-state index in [-0.39, 0.29) is 10.8 Å². The molecule has 1 unspecified atom stereocenters. The number of aliphatic hydroxyl groups excluding tert-OH is 1. The van der Waals surface area contributed by atoms with Crippen LogP contribution >= 0.6 is 18.3 Å². The average Bonchev–Trinajstić information content (AvgIpc) is 2.84. The standard InChI is InChI=1S/C13H17ClF2N3O6PS/c1-5(2)24-26(27)22-4-13(11(15)16)8(25-26)7(20)10(23-13)19-3-6(14)9(17)18-12(19)21/h3,5,7-8,10-11,20H,4H2,1-2H3,(H2,17,18,21)/t7-,8-,10-,13-,26?/m1/s1. The Bertz CT molecular complexity index is 845. The van der Waals surface area contributed by atoms with Crippen molar-refractivity contribution in [3.63, 3.8) is 0 Å². The third-order valence-electron chi connectivity index (χ3n) is 4.03. The number of hydrogen-bond donors (Lipinski definition) is 2. The van der Waals surface area contributed by atoms with E-state index in [1.165, 1.54) is 0 Å². The molecule has 14 heteroatoms. The van der Waals surface area contributed by atoms with Crippen LogP contribution in [0.15, 0.2) is 11.0 Å². The van der Waals surface area contributed by atoms with Crippen molar-refractivity contribution < 1.29 is 32.2 Å². The van der Waals surface area contributed by atoms with Gasteiger partial charge in [-0.1, -0.05) is 11.6 Å². The summed E-state index contributed by atoms with van der Waals surface area (Å²) in [7, 11) is 0. The third-order valence-corrected chi connectivity index (χ3v) is 6.77. The van der Waals surface area contributed by atoms with E-state index < -0.39 is 55.6 Å². The Morgan fingerprint density at radius 2 is 2.26 bits per heavy atom. The minimum absolute atomic E-state index is 0.114. The number of aliphatic hydroxyl groups is 1. The highest BCUT2D eigenvalue weighted by molar-refractivity contribution is 8.07. The Hall–Kier alpha value is -0.720. The first-order valence-electron chi connectivity index (χ1n) is 7.78. The monoisotopic (exact) mass is 447 g/mol. The zero-order chi connectivity index (χ0) is 20.1. The number of aromatic nitrogens is 2. The van der Waals surface area contributed by atoms with Crippen molar-refractivity contribution in [2.75, 3.05) is 12.3 Å². The fourth-order valence-electron chi connectivity index (χ4n) is 2.83. The van der Waals surface area contributed by atoms with Crippen LogP contribution in [0.4, 0.5) is 14.6 Å². The predicted molar refractivity (Wildman–Crippen MR) is 94.1 cm³/mol. The number of alkyl halides is 2. The van der Waals surface area contributed by atoms with Gasteiger partial charge in [-0.25, -0.2) is 13.6 Å². The number of rotatable bonds is 4. The number of halogens is 3. The molecule has 0 aromatic carbocycles. The Balaban J connectivity index is 2.00. The molecule has 0 amide bonds. The van der Waals surface area contributed by atoms with Gasteiger partial charge in [-0.15, -0.1) is 0 Å². The molecule has 0 saturated carbocycles. The van der Waals surface area contributed by atoms with Crippen molar-refractivity contribution in [3.05, 3.63) is 21.7 Å². The molecule has 0 aliphatic carbocycles. The van der Waals surface area contributed by atoms with Crippen molar-refractivity contribution in [1.29, 1.82) is 0 Å². The molecule has 0 spiro atoms. The van der Waals surface area contributed by atoms with Crippen LogP contribution in [0.5, 0.6) is 0 Å². The lowest BCUT2D eigenvalue weighted by molar-refractivity contribution is -0.204. The second-order valence-electron chi connectivity index (χ2n) is 6.32. The van der Waals surface area contributed by atoms with E-state index in [0.717, 1.165) is 10.8 Å². The van der Waals surface area contributed by atoms with Gasteiger partial charge in [0.05, 0.1) is 17.7 Å². The maximum atomic E-state index is 13.9. The van der Waals surface area contributed by atoms with Gasteiger partial charge in [-0.2, -0.15) is 4.98 Å². The molecule has 9 nitrogen and oxygen atoms in total. The summed E-state index contributed by atoms with van der Waals surface area (Å²) in [5, 5.41) is 10.5. The molecule has 2 aliphatic rings. The van der Waals surface area contributed by atoms with Crippen molar-refractivity contribution in [1.82, 2.24) is 9.55 Å². The summed E-state index contributed by atoms with van der Waals surface area (Å²) in [6, 6.07) is 0. The molecule has 27 heavy (non-hydrogen) atoms. The SMILES string of the molecule is CC(C)OP1(=S)OC[C@@]2(C(F)F)O[C@@H](n3cc(Cl)c(N)nc3=O)[C@H](O)[C@H]2O1. The first kappa shape index (κ1) is 21.0. The number of anilines is 1. The van der Waals surface area contributed by atoms with Gasteiger partial charge in [0, 0.05) is 6.20 Å². The molecule has 1 aromatic heterocycles. The molecule has 2 aliphatic heterocycles. The Morgan fingerprint density at radius 3 is 2.85 bits per heavy atom. The summed E-state index contributed by atoms with van der Waals surface area (Å²) in [4.78, 5) is 15.6. The first-order chi connectivity index (χ1) is 12.5. The molecule has 3 rings (SSSR count). The summed E-state index contributed by atoms with van der Waals surface area (Å²) in [5.74, 6) is -0.244. The van der Waals surface area contributed by atoms with Gasteiger partial charge in [-0.3, -0.25) is 9.09 Å². The predicted octanol–water partition coefficient (Wildman–Crippen LogP) is 1.44. The molecular formula is C13H17ClF2N3O6PS. The van der Waals surface area contributed by atoms with E-state index in [2.05, 4.69) is 4.98 Å². The normalized spacial score (nSPS) is 36.4. The number of nitrogen functional groups attached to an aromatic ring is 1. The molecule has 2 saturated heterocycles. The Morgan fingerprint density at radius 1 is 1.59 bits per heavy atom. The van der Waals surface area contributed by atoms with E-state index >= 15 is 0 Å². The van der Waals surface area contributed by atoms with Crippen LogP contribution in [-0.4, -0.2) is 51.6 Å². The highest BCUT2D eigenvalue weighted by Crippen LogP contribution is 2.61. The van der Waals surface area contributed by atoms with E-state index in [0.29, 0.717) is 0 Å². The molecule has 2 fully saturated rings. The van der Waals surface area contributed by atoms with Gasteiger partial charge in [-0.05, 0) is 25.7 Å². The van der Waals surface area contributed by atoms with Crippen molar-refractivity contribution in [2.24, 2.45) is 0 Å². The topological polar surface area (TPSA) is 118 Å². The fraction of sp³-hybridized carbons (Fsp3) is 0.692. The highest BCUT2D eigenvalue weighted by atomic mass is 35.5. The molecule has 1 aromatic rings. The number of nitrogens with two attached hydrogens (primary N) is 1. The number of hydrogen-bond acceptors (Lipinski definition) is 9. The second kappa shape index (κ2) is 7.27. The van der Waals surface area contributed by atoms with Gasteiger partial charge < -0.3 is 24.6 Å². The zero-order valence-electron chi connectivity index (χ0n) is 14.1. The lowest BCUT2D eigenvalue weighted by Gasteiger charge is -2.41. The summed E-state index contributed by atoms with van der Waals surface area (Å²) in [6.45, 7) is -0.742. The Kier molecular flexibility index (Phi) is 5.65. The van der Waals surface area contributed by atoms with Gasteiger partial charge in [0.15, 0.2) is 11.8 Å². The minimum Gasteiger partial charge on any atom is -0.386 e. The van der Waals surface area contributed by atoms with Crippen LogP contribution in [-0.2, 0) is 30.1 Å². The van der Waals surface area contributed by atoms with Crippen LogP contribution in [0.3, 0.4) is 0 Å². The molecule has 3 heterocycles. The van der Waals surface area contributed by atoms with E-state index in [4.69, 9.17) is 47.4 Å². The molecule has 5 atom stereocenters. The molecule has 0 radical (unpaired) electrons. The van der Waals surface area contributed by atoms with Crippen LogP contribution < -0.4 is 11.4 Å². The lowest BCUT2D eigenvalue weighted by atomic mass is 9.96. The Labute approximate surface area is 162 Å². The third kappa shape index (κ3) is 3.65. The number of ether oxygens (including phenoxy) is 1. The smallest absolute Gasteiger partial charge is 0.351 e. The maximum Gasteiger partial charge on any atom is 0.351 e. The van der Waals surface area contributed by atoms with E-state index in [1.54, 1.807) is 13.8 Å². The van der Waals surface area contributed by atoms with Crippen LogP contribution in [0.25, 0.3) is 0 Å². The second-order valence-corrected chi connectivity index (χ2v) is 9.64. The molecule has 3 N–H and O–H groups in total. The summed E-state index contributed by atoms with van der Waals surface area (Å²) in [5.41, 5.74) is 2.16. The first-order valence-corrected chi connectivity index (χ1v) is 10.7. The highest BCUT2D eigenvalue weighted by Gasteiger charge is 2.66. The van der Waals surface area contributed by atoms with E-state index in [1.807, 2.05) is 0 Å². The van der Waals surface area contributed by atoms with Gasteiger partial charge in [0.25, 0.3) is 6.43 Å². The van der Waals surface area contributed by atoms with Gasteiger partial charge in [0.2, 0.25) is 0 Å². The quantitative estimate of drug-likeness (QED) is 0.661. The van der Waals surface area contributed by atoms with E-state index in [9.17, 15) is 18.7 Å². The maximum absolute atomic E-state index is 13.9. The van der Waals surface area contributed by atoms with Crippen LogP contribution in [0, 0.1) is 0 Å². The number of fused-ring (bicyclic) bond motifs is 1.